The van der Waals surface area contributed by atoms with Crippen LogP contribution in [0.3, 0.4) is 0 Å². The molecule has 1 amide bonds. The van der Waals surface area contributed by atoms with Crippen LogP contribution in [0.5, 0.6) is 5.75 Å². The number of carbonyl (C=O) groups is 1. The summed E-state index contributed by atoms with van der Waals surface area (Å²) in [4.78, 5) is 26.7. The maximum atomic E-state index is 12.4. The van der Waals surface area contributed by atoms with Crippen LogP contribution in [-0.4, -0.2) is 64.4 Å². The molecular formula is C21H28ClN11O2. The molecule has 1 fully saturated rings. The Kier molecular flexibility index (Phi) is 8.75. The third-order valence-corrected chi connectivity index (χ3v) is 5.57. The molecule has 1 aliphatic heterocycles. The lowest BCUT2D eigenvalue weighted by Gasteiger charge is -2.30. The lowest BCUT2D eigenvalue weighted by molar-refractivity contribution is 0.0972. The van der Waals surface area contributed by atoms with E-state index in [0.29, 0.717) is 11.5 Å². The number of hydrazone groups is 1. The van der Waals surface area contributed by atoms with E-state index >= 15 is 0 Å². The topological polar surface area (TPSA) is 220 Å². The molecule has 0 spiro atoms. The highest BCUT2D eigenvalue weighted by atomic mass is 35.5. The van der Waals surface area contributed by atoms with Gasteiger partial charge in [-0.15, -0.1) is 0 Å². The van der Waals surface area contributed by atoms with Gasteiger partial charge in [0.1, 0.15) is 18.1 Å². The number of aliphatic imine (C=N–C) groups is 1. The first kappa shape index (κ1) is 25.6. The second kappa shape index (κ2) is 11.9. The third kappa shape index (κ3) is 7.25. The zero-order chi connectivity index (χ0) is 25.4. The normalized spacial score (nSPS) is 15.6. The molecule has 0 radical (unpaired) electrons. The molecule has 14 heteroatoms. The number of guanidine groups is 1. The predicted octanol–water partition coefficient (Wildman–Crippen LogP) is 0.347. The van der Waals surface area contributed by atoms with Gasteiger partial charge in [0.2, 0.25) is 0 Å². The SMILES string of the molecule is N=C/C(COc1ccc(CN2CCC(N=C(N)NC(=O)c3nc(Cl)c(N)nc3N)CC2)cc1)=N\N. The minimum atomic E-state index is -0.660. The Morgan fingerprint density at radius 2 is 1.91 bits per heavy atom. The van der Waals surface area contributed by atoms with Crippen LogP contribution in [0.1, 0.15) is 28.9 Å². The summed E-state index contributed by atoms with van der Waals surface area (Å²) in [6.45, 7) is 2.59. The molecule has 1 aromatic carbocycles. The Bertz CT molecular complexity index is 1110. The molecule has 1 aliphatic rings. The number of nitrogens with one attached hydrogen (secondary N) is 2. The first-order valence-corrected chi connectivity index (χ1v) is 11.1. The fourth-order valence-electron chi connectivity index (χ4n) is 3.44. The fourth-order valence-corrected chi connectivity index (χ4v) is 3.57. The second-order valence-electron chi connectivity index (χ2n) is 7.81. The molecule has 0 bridgehead atoms. The van der Waals surface area contributed by atoms with Crippen molar-refractivity contribution in [2.45, 2.75) is 25.4 Å². The van der Waals surface area contributed by atoms with Crippen molar-refractivity contribution in [1.82, 2.24) is 20.2 Å². The van der Waals surface area contributed by atoms with E-state index in [1.54, 1.807) is 0 Å². The predicted molar refractivity (Wildman–Crippen MR) is 136 cm³/mol. The van der Waals surface area contributed by atoms with Crippen LogP contribution in [0.25, 0.3) is 0 Å². The lowest BCUT2D eigenvalue weighted by Crippen LogP contribution is -2.40. The summed E-state index contributed by atoms with van der Waals surface area (Å²) < 4.78 is 5.56. The number of rotatable bonds is 8. The summed E-state index contributed by atoms with van der Waals surface area (Å²) in [6, 6.07) is 7.72. The van der Waals surface area contributed by atoms with Gasteiger partial charge in [-0.25, -0.2) is 15.0 Å². The van der Waals surface area contributed by atoms with E-state index in [0.717, 1.165) is 44.3 Å². The van der Waals surface area contributed by atoms with Gasteiger partial charge in [-0.05, 0) is 30.5 Å². The van der Waals surface area contributed by atoms with Crippen LogP contribution >= 0.6 is 11.6 Å². The van der Waals surface area contributed by atoms with Crippen LogP contribution in [0.4, 0.5) is 11.6 Å². The third-order valence-electron chi connectivity index (χ3n) is 5.29. The summed E-state index contributed by atoms with van der Waals surface area (Å²) in [5.74, 6) is 4.96. The molecule has 1 aromatic heterocycles. The molecule has 13 nitrogen and oxygen atoms in total. The lowest BCUT2D eigenvalue weighted by atomic mass is 10.0. The molecule has 1 saturated heterocycles. The van der Waals surface area contributed by atoms with Crippen LogP contribution in [0.2, 0.25) is 5.15 Å². The average Bonchev–Trinajstić information content (AvgIpc) is 2.84. The van der Waals surface area contributed by atoms with Gasteiger partial charge in [0.05, 0.1) is 6.04 Å². The molecule has 2 heterocycles. The Balaban J connectivity index is 1.46. The molecule has 0 saturated carbocycles. The van der Waals surface area contributed by atoms with Crippen molar-refractivity contribution in [3.8, 4) is 5.75 Å². The maximum absolute atomic E-state index is 12.4. The van der Waals surface area contributed by atoms with E-state index in [2.05, 4.69) is 30.3 Å². The quantitative estimate of drug-likeness (QED) is 0.127. The number of ether oxygens (including phenoxy) is 1. The van der Waals surface area contributed by atoms with Gasteiger partial charge < -0.3 is 33.2 Å². The first-order valence-electron chi connectivity index (χ1n) is 10.7. The number of nitrogens with two attached hydrogens (primary N) is 4. The van der Waals surface area contributed by atoms with Gasteiger partial charge in [0, 0.05) is 25.8 Å². The number of benzene rings is 1. The van der Waals surface area contributed by atoms with Crippen molar-refractivity contribution < 1.29 is 9.53 Å². The van der Waals surface area contributed by atoms with Crippen LogP contribution < -0.4 is 33.1 Å². The van der Waals surface area contributed by atoms with Crippen LogP contribution in [0.15, 0.2) is 34.4 Å². The van der Waals surface area contributed by atoms with E-state index in [-0.39, 0.29) is 41.1 Å². The Hall–Kier alpha value is -3.97. The van der Waals surface area contributed by atoms with Gasteiger partial charge in [0.25, 0.3) is 5.91 Å². The number of anilines is 2. The van der Waals surface area contributed by atoms with Gasteiger partial charge >= 0.3 is 0 Å². The minimum Gasteiger partial charge on any atom is -0.487 e. The highest BCUT2D eigenvalue weighted by molar-refractivity contribution is 6.31. The van der Waals surface area contributed by atoms with E-state index in [4.69, 9.17) is 44.8 Å². The number of halogens is 1. The van der Waals surface area contributed by atoms with Crippen molar-refractivity contribution in [2.24, 2.45) is 21.7 Å². The van der Waals surface area contributed by atoms with Gasteiger partial charge in [-0.2, -0.15) is 5.10 Å². The summed E-state index contributed by atoms with van der Waals surface area (Å²) in [7, 11) is 0. The molecule has 0 aliphatic carbocycles. The number of amides is 1. The summed E-state index contributed by atoms with van der Waals surface area (Å²) in [5.41, 5.74) is 18.5. The smallest absolute Gasteiger partial charge is 0.280 e. The van der Waals surface area contributed by atoms with Crippen molar-refractivity contribution in [3.63, 3.8) is 0 Å². The number of likely N-dealkylation sites (tertiary alicyclic amines) is 1. The number of hydrogen-bond acceptors (Lipinski definition) is 11. The Labute approximate surface area is 207 Å². The van der Waals surface area contributed by atoms with Crippen molar-refractivity contribution in [1.29, 1.82) is 5.41 Å². The standard InChI is InChI=1S/C21H28ClN11O2/c22-17-19(25)30-18(24)16(29-17)20(34)31-21(26)28-13-5-7-33(8-6-13)10-12-1-3-15(4-2-12)35-11-14(9-23)32-27/h1-4,9,13,23H,5-8,10-11,27H2,(H4,24,25,30)(H3,26,28,31,34)/b23-9?,32-14+. The van der Waals surface area contributed by atoms with Crippen molar-refractivity contribution in [2.75, 3.05) is 31.2 Å². The molecule has 186 valence electrons. The van der Waals surface area contributed by atoms with Gasteiger partial charge in [-0.3, -0.25) is 15.0 Å². The van der Waals surface area contributed by atoms with Crippen LogP contribution in [-0.2, 0) is 6.54 Å². The zero-order valence-corrected chi connectivity index (χ0v) is 19.7. The number of carbonyl (C=O) groups excluding carboxylic acids is 1. The van der Waals surface area contributed by atoms with E-state index in [1.807, 2.05) is 24.3 Å². The molecular weight excluding hydrogens is 474 g/mol. The van der Waals surface area contributed by atoms with Crippen LogP contribution in [0, 0.1) is 5.41 Å². The molecule has 2 aromatic rings. The second-order valence-corrected chi connectivity index (χ2v) is 8.16. The van der Waals surface area contributed by atoms with Crippen molar-refractivity contribution in [3.05, 3.63) is 40.7 Å². The number of nitrogens with zero attached hydrogens (tertiary/aromatic N) is 5. The van der Waals surface area contributed by atoms with Gasteiger partial charge in [0.15, 0.2) is 28.4 Å². The fraction of sp³-hybridized carbons (Fsp3) is 0.333. The highest BCUT2D eigenvalue weighted by Crippen LogP contribution is 2.19. The largest absolute Gasteiger partial charge is 0.487 e. The zero-order valence-electron chi connectivity index (χ0n) is 18.9. The molecule has 3 rings (SSSR count). The number of piperidine rings is 1. The minimum absolute atomic E-state index is 0.0204. The number of nitrogen functional groups attached to an aromatic ring is 2. The molecule has 10 N–H and O–H groups in total. The summed E-state index contributed by atoms with van der Waals surface area (Å²) in [5, 5.41) is 13.0. The first-order chi connectivity index (χ1) is 16.8. The Morgan fingerprint density at radius 3 is 2.54 bits per heavy atom. The Morgan fingerprint density at radius 1 is 1.23 bits per heavy atom. The molecule has 0 unspecified atom stereocenters. The summed E-state index contributed by atoms with van der Waals surface area (Å²) >= 11 is 5.82. The summed E-state index contributed by atoms with van der Waals surface area (Å²) in [6.07, 6.45) is 2.64. The molecule has 35 heavy (non-hydrogen) atoms. The average molecular weight is 502 g/mol. The number of hydrogen-bond donors (Lipinski definition) is 6. The van der Waals surface area contributed by atoms with Gasteiger partial charge in [-0.1, -0.05) is 23.7 Å². The van der Waals surface area contributed by atoms with E-state index in [9.17, 15) is 4.79 Å². The molecule has 0 atom stereocenters. The van der Waals surface area contributed by atoms with Crippen molar-refractivity contribution >= 4 is 47.0 Å². The number of aromatic nitrogens is 2. The maximum Gasteiger partial charge on any atom is 0.280 e. The highest BCUT2D eigenvalue weighted by Gasteiger charge is 2.21. The van der Waals surface area contributed by atoms with E-state index in [1.165, 1.54) is 0 Å². The van der Waals surface area contributed by atoms with E-state index < -0.39 is 5.91 Å². The monoisotopic (exact) mass is 501 g/mol.